The van der Waals surface area contributed by atoms with Gasteiger partial charge in [0.25, 0.3) is 5.91 Å². The van der Waals surface area contributed by atoms with Gasteiger partial charge in [-0.2, -0.15) is 0 Å². The highest BCUT2D eigenvalue weighted by atomic mass is 16.5. The first-order valence-electron chi connectivity index (χ1n) is 6.43. The van der Waals surface area contributed by atoms with E-state index in [-0.39, 0.29) is 11.9 Å². The highest BCUT2D eigenvalue weighted by molar-refractivity contribution is 5.93. The van der Waals surface area contributed by atoms with E-state index in [0.717, 1.165) is 5.56 Å². The van der Waals surface area contributed by atoms with Gasteiger partial charge in [-0.15, -0.1) is 0 Å². The molecule has 1 aromatic rings. The summed E-state index contributed by atoms with van der Waals surface area (Å²) in [5, 5.41) is 5.60. The fourth-order valence-corrected chi connectivity index (χ4v) is 1.67. The number of guanidine groups is 1. The molecule has 1 aromatic carbocycles. The van der Waals surface area contributed by atoms with Gasteiger partial charge in [-0.1, -0.05) is 12.1 Å². The zero-order valence-corrected chi connectivity index (χ0v) is 12.1. The summed E-state index contributed by atoms with van der Waals surface area (Å²) in [6, 6.07) is 7.36. The van der Waals surface area contributed by atoms with E-state index in [9.17, 15) is 4.79 Å². The largest absolute Gasteiger partial charge is 0.383 e. The van der Waals surface area contributed by atoms with Crippen molar-refractivity contribution in [3.8, 4) is 0 Å². The molecule has 1 rings (SSSR count). The molecule has 0 spiro atoms. The van der Waals surface area contributed by atoms with Gasteiger partial charge in [0.05, 0.1) is 13.2 Å². The predicted octanol–water partition coefficient (Wildman–Crippen LogP) is 0.485. The molecule has 6 heteroatoms. The fraction of sp³-hybridized carbons (Fsp3) is 0.429. The van der Waals surface area contributed by atoms with Crippen molar-refractivity contribution in [2.24, 2.45) is 10.7 Å². The van der Waals surface area contributed by atoms with Gasteiger partial charge < -0.3 is 21.1 Å². The van der Waals surface area contributed by atoms with E-state index >= 15 is 0 Å². The highest BCUT2D eigenvalue weighted by Gasteiger charge is 2.03. The van der Waals surface area contributed by atoms with Crippen molar-refractivity contribution in [2.75, 3.05) is 20.8 Å². The maximum atomic E-state index is 11.4. The van der Waals surface area contributed by atoms with Crippen molar-refractivity contribution in [3.63, 3.8) is 0 Å². The molecule has 0 fully saturated rings. The van der Waals surface area contributed by atoms with Gasteiger partial charge in [0.2, 0.25) is 0 Å². The molecule has 0 aromatic heterocycles. The SMILES string of the molecule is CNC(=O)c1ccc(CN=C(N)NC(C)COC)cc1. The lowest BCUT2D eigenvalue weighted by Gasteiger charge is -2.13. The van der Waals surface area contributed by atoms with Gasteiger partial charge >= 0.3 is 0 Å². The predicted molar refractivity (Wildman–Crippen MR) is 79.6 cm³/mol. The minimum Gasteiger partial charge on any atom is -0.383 e. The summed E-state index contributed by atoms with van der Waals surface area (Å²) in [5.74, 6) is 0.277. The van der Waals surface area contributed by atoms with Crippen LogP contribution in [0.15, 0.2) is 29.3 Å². The summed E-state index contributed by atoms with van der Waals surface area (Å²) in [5.41, 5.74) is 7.38. The number of nitrogens with zero attached hydrogens (tertiary/aromatic N) is 1. The molecule has 0 heterocycles. The fourth-order valence-electron chi connectivity index (χ4n) is 1.67. The van der Waals surface area contributed by atoms with E-state index in [1.165, 1.54) is 0 Å². The third kappa shape index (κ3) is 5.27. The van der Waals surface area contributed by atoms with Gasteiger partial charge in [0, 0.05) is 25.8 Å². The molecule has 0 saturated heterocycles. The van der Waals surface area contributed by atoms with E-state index in [0.29, 0.717) is 24.7 Å². The zero-order valence-electron chi connectivity index (χ0n) is 12.1. The smallest absolute Gasteiger partial charge is 0.251 e. The third-order valence-electron chi connectivity index (χ3n) is 2.69. The van der Waals surface area contributed by atoms with Crippen LogP contribution in [0.1, 0.15) is 22.8 Å². The van der Waals surface area contributed by atoms with E-state index in [4.69, 9.17) is 10.5 Å². The van der Waals surface area contributed by atoms with E-state index in [1.54, 1.807) is 26.3 Å². The normalized spacial score (nSPS) is 12.8. The zero-order chi connectivity index (χ0) is 15.0. The molecule has 0 aliphatic heterocycles. The summed E-state index contributed by atoms with van der Waals surface area (Å²) in [4.78, 5) is 15.6. The standard InChI is InChI=1S/C14H22N4O2/c1-10(9-20-3)18-14(15)17-8-11-4-6-12(7-5-11)13(19)16-2/h4-7,10H,8-9H2,1-3H3,(H,16,19)(H3,15,17,18). The lowest BCUT2D eigenvalue weighted by molar-refractivity contribution is 0.0963. The second-order valence-corrected chi connectivity index (χ2v) is 4.48. The monoisotopic (exact) mass is 278 g/mol. The Balaban J connectivity index is 2.54. The molecule has 20 heavy (non-hydrogen) atoms. The van der Waals surface area contributed by atoms with Crippen molar-refractivity contribution in [3.05, 3.63) is 35.4 Å². The van der Waals surface area contributed by atoms with Gasteiger partial charge in [0.1, 0.15) is 0 Å². The molecule has 0 aliphatic carbocycles. The van der Waals surface area contributed by atoms with E-state index in [1.807, 2.05) is 19.1 Å². The van der Waals surface area contributed by atoms with E-state index < -0.39 is 0 Å². The Hall–Kier alpha value is -2.08. The Labute approximate surface area is 119 Å². The van der Waals surface area contributed by atoms with Crippen LogP contribution in [0.5, 0.6) is 0 Å². The minimum atomic E-state index is -0.102. The van der Waals surface area contributed by atoms with Gasteiger partial charge in [-0.25, -0.2) is 4.99 Å². The summed E-state index contributed by atoms with van der Waals surface area (Å²) in [6.45, 7) is 2.99. The van der Waals surface area contributed by atoms with Crippen LogP contribution in [0.4, 0.5) is 0 Å². The second kappa shape index (κ2) is 8.16. The number of carbonyl (C=O) groups is 1. The number of aliphatic imine (C=N–C) groups is 1. The average molecular weight is 278 g/mol. The second-order valence-electron chi connectivity index (χ2n) is 4.48. The molecule has 110 valence electrons. The topological polar surface area (TPSA) is 88.7 Å². The molecule has 4 N–H and O–H groups in total. The summed E-state index contributed by atoms with van der Waals surface area (Å²) in [7, 11) is 3.24. The number of carbonyl (C=O) groups excluding carboxylic acids is 1. The molecule has 1 atom stereocenters. The van der Waals surface area contributed by atoms with Crippen molar-refractivity contribution in [1.29, 1.82) is 0 Å². The van der Waals surface area contributed by atoms with Crippen LogP contribution in [-0.4, -0.2) is 38.7 Å². The first-order valence-corrected chi connectivity index (χ1v) is 6.43. The molecule has 0 saturated carbocycles. The highest BCUT2D eigenvalue weighted by Crippen LogP contribution is 2.05. The maximum Gasteiger partial charge on any atom is 0.251 e. The van der Waals surface area contributed by atoms with Gasteiger partial charge in [0.15, 0.2) is 5.96 Å². The van der Waals surface area contributed by atoms with Crippen LogP contribution < -0.4 is 16.4 Å². The summed E-state index contributed by atoms with van der Waals surface area (Å²) in [6.07, 6.45) is 0. The molecule has 1 unspecified atom stereocenters. The number of rotatable bonds is 6. The van der Waals surface area contributed by atoms with Crippen molar-refractivity contribution in [1.82, 2.24) is 10.6 Å². The molecule has 6 nitrogen and oxygen atoms in total. The van der Waals surface area contributed by atoms with Gasteiger partial charge in [-0.3, -0.25) is 4.79 Å². The Morgan fingerprint density at radius 1 is 1.40 bits per heavy atom. The maximum absolute atomic E-state index is 11.4. The van der Waals surface area contributed by atoms with Crippen LogP contribution in [0.2, 0.25) is 0 Å². The number of nitrogens with one attached hydrogen (secondary N) is 2. The quantitative estimate of drug-likeness (QED) is 0.522. The van der Waals surface area contributed by atoms with Crippen molar-refractivity contribution < 1.29 is 9.53 Å². The van der Waals surface area contributed by atoms with Crippen LogP contribution in [0.3, 0.4) is 0 Å². The first-order chi connectivity index (χ1) is 9.56. The number of nitrogens with two attached hydrogens (primary N) is 1. The number of benzene rings is 1. The Morgan fingerprint density at radius 3 is 2.60 bits per heavy atom. The van der Waals surface area contributed by atoms with Crippen LogP contribution in [0, 0.1) is 0 Å². The summed E-state index contributed by atoms with van der Waals surface area (Å²) < 4.78 is 5.00. The lowest BCUT2D eigenvalue weighted by Crippen LogP contribution is -2.40. The van der Waals surface area contributed by atoms with Crippen LogP contribution in [-0.2, 0) is 11.3 Å². The number of amides is 1. The third-order valence-corrected chi connectivity index (χ3v) is 2.69. The first kappa shape index (κ1) is 16.0. The molecular formula is C14H22N4O2. The summed E-state index contributed by atoms with van der Waals surface area (Å²) >= 11 is 0. The molecule has 0 radical (unpaired) electrons. The number of methoxy groups -OCH3 is 1. The number of hydrogen-bond donors (Lipinski definition) is 3. The number of ether oxygens (including phenoxy) is 1. The van der Waals surface area contributed by atoms with Crippen LogP contribution in [0.25, 0.3) is 0 Å². The Morgan fingerprint density at radius 2 is 2.05 bits per heavy atom. The Kier molecular flexibility index (Phi) is 6.52. The van der Waals surface area contributed by atoms with Gasteiger partial charge in [-0.05, 0) is 24.6 Å². The van der Waals surface area contributed by atoms with E-state index in [2.05, 4.69) is 15.6 Å². The van der Waals surface area contributed by atoms with Crippen LogP contribution >= 0.6 is 0 Å². The molecule has 0 aliphatic rings. The lowest BCUT2D eigenvalue weighted by atomic mass is 10.1. The Bertz CT molecular complexity index is 457. The van der Waals surface area contributed by atoms with Crippen molar-refractivity contribution in [2.45, 2.75) is 19.5 Å². The molecular weight excluding hydrogens is 256 g/mol. The average Bonchev–Trinajstić information content (AvgIpc) is 2.45. The number of hydrogen-bond acceptors (Lipinski definition) is 3. The minimum absolute atomic E-state index is 0.102. The molecule has 1 amide bonds. The molecule has 0 bridgehead atoms. The van der Waals surface area contributed by atoms with Crippen molar-refractivity contribution >= 4 is 11.9 Å².